The van der Waals surface area contributed by atoms with Crippen LogP contribution in [0.2, 0.25) is 0 Å². The van der Waals surface area contributed by atoms with E-state index in [1.54, 1.807) is 0 Å². The molecule has 0 aromatic rings. The van der Waals surface area contributed by atoms with Crippen molar-refractivity contribution >= 4 is 6.16 Å². The molecule has 1 radical (unpaired) electrons. The van der Waals surface area contributed by atoms with Gasteiger partial charge in [-0.2, -0.15) is 0 Å². The molecule has 1 N–H and O–H groups in total. The molecule has 0 amide bonds. The molecule has 0 rings (SSSR count). The van der Waals surface area contributed by atoms with Gasteiger partial charge in [0.25, 0.3) is 0 Å². The number of hydrogen-bond donors (Lipinski definition) is 0. The molecule has 0 unspecified atom stereocenters. The second kappa shape index (κ2) is 16.3. The Morgan fingerprint density at radius 3 is 1.29 bits per heavy atom. The second-order valence-corrected chi connectivity index (χ2v) is 0.250. The predicted molar refractivity (Wildman–Crippen MR) is 7.33 cm³/mol. The van der Waals surface area contributed by atoms with E-state index in [2.05, 4.69) is 0 Å². The summed E-state index contributed by atoms with van der Waals surface area (Å²) in [5, 5.41) is 16.7. The first kappa shape index (κ1) is 26.8. The van der Waals surface area contributed by atoms with Crippen molar-refractivity contribution in [1.29, 1.82) is 0 Å². The molecule has 0 bridgehead atoms. The van der Waals surface area contributed by atoms with Crippen molar-refractivity contribution in [2.75, 3.05) is 0 Å². The smallest absolute Gasteiger partial charge is 0.870 e. The van der Waals surface area contributed by atoms with E-state index in [1.165, 1.54) is 0 Å². The van der Waals surface area contributed by atoms with Crippen molar-refractivity contribution in [3.8, 4) is 0 Å². The monoisotopic (exact) mass is 198 g/mol. The van der Waals surface area contributed by atoms with Gasteiger partial charge < -0.3 is 20.5 Å². The standard InChI is InChI=1S/CH2O3.Cu.Ni.H2O/c2-1(3)4;;;/h(H2,2,3,4);;;1H2/q;2*+2;/p-3. The largest absolute Gasteiger partial charge is 2.00 e. The first-order valence-electron chi connectivity index (χ1n) is 0.612. The molecular weight excluding hydrogens is 198 g/mol. The van der Waals surface area contributed by atoms with Crippen LogP contribution < -0.4 is 10.2 Å². The summed E-state index contributed by atoms with van der Waals surface area (Å²) >= 11 is 0. The van der Waals surface area contributed by atoms with Crippen LogP contribution in [0.5, 0.6) is 0 Å². The Hall–Kier alpha value is 0.243. The Kier molecular flexibility index (Phi) is 62.6. The van der Waals surface area contributed by atoms with Gasteiger partial charge in [0.15, 0.2) is 0 Å². The molecule has 0 aliphatic rings. The Bertz CT molecular complexity index is 34.7. The number of hydrogen-bond acceptors (Lipinski definition) is 4. The molecule has 4 nitrogen and oxygen atoms in total. The van der Waals surface area contributed by atoms with Crippen molar-refractivity contribution in [2.45, 2.75) is 0 Å². The molecule has 0 spiro atoms. The van der Waals surface area contributed by atoms with Crippen LogP contribution in [-0.4, -0.2) is 11.6 Å². The molecule has 0 aromatic heterocycles. The third-order valence-electron chi connectivity index (χ3n) is 0. The molecule has 0 fully saturated rings. The molecule has 7 heavy (non-hydrogen) atoms. The van der Waals surface area contributed by atoms with Crippen LogP contribution in [0.3, 0.4) is 0 Å². The van der Waals surface area contributed by atoms with Gasteiger partial charge in [0.1, 0.15) is 0 Å². The zero-order chi connectivity index (χ0) is 3.58. The van der Waals surface area contributed by atoms with Gasteiger partial charge in [0.05, 0.1) is 0 Å². The van der Waals surface area contributed by atoms with Crippen LogP contribution in [0, 0.1) is 0 Å². The molecular formula is CHCuNiO4+. The van der Waals surface area contributed by atoms with Gasteiger partial charge >= 0.3 is 33.6 Å². The van der Waals surface area contributed by atoms with E-state index in [0.717, 1.165) is 0 Å². The van der Waals surface area contributed by atoms with Crippen LogP contribution in [-0.2, 0) is 33.6 Å². The van der Waals surface area contributed by atoms with Crippen molar-refractivity contribution in [1.82, 2.24) is 0 Å². The Morgan fingerprint density at radius 1 is 1.29 bits per heavy atom. The van der Waals surface area contributed by atoms with Gasteiger partial charge in [0.2, 0.25) is 0 Å². The van der Waals surface area contributed by atoms with E-state index >= 15 is 0 Å². The summed E-state index contributed by atoms with van der Waals surface area (Å²) in [6, 6.07) is 0. The molecule has 0 saturated carbocycles. The fourth-order valence-electron chi connectivity index (χ4n) is 0. The molecule has 0 atom stereocenters. The zero-order valence-electron chi connectivity index (χ0n) is 2.79. The minimum Gasteiger partial charge on any atom is -0.870 e. The average Bonchev–Trinajstić information content (AvgIpc) is 0.811. The Balaban J connectivity index is -0.0000000150. The minimum atomic E-state index is -2.33. The number of carbonyl (C=O) groups is 1. The minimum absolute atomic E-state index is 0. The van der Waals surface area contributed by atoms with Gasteiger partial charge in [-0.3, -0.25) is 0 Å². The molecule has 0 saturated heterocycles. The summed E-state index contributed by atoms with van der Waals surface area (Å²) in [5.41, 5.74) is 0. The van der Waals surface area contributed by atoms with E-state index < -0.39 is 6.16 Å². The fraction of sp³-hybridized carbons (Fsp3) is 0. The molecule has 0 aliphatic carbocycles. The van der Waals surface area contributed by atoms with E-state index in [-0.39, 0.29) is 39.0 Å². The molecule has 0 aliphatic heterocycles. The molecule has 0 aromatic carbocycles. The van der Waals surface area contributed by atoms with Crippen LogP contribution >= 0.6 is 0 Å². The Morgan fingerprint density at radius 2 is 1.29 bits per heavy atom. The quantitative estimate of drug-likeness (QED) is 0.399. The topological polar surface area (TPSA) is 93.2 Å². The summed E-state index contributed by atoms with van der Waals surface area (Å²) in [7, 11) is 0. The summed E-state index contributed by atoms with van der Waals surface area (Å²) < 4.78 is 0. The van der Waals surface area contributed by atoms with Gasteiger partial charge in [-0.05, 0) is 6.16 Å². The summed E-state index contributed by atoms with van der Waals surface area (Å²) in [6.45, 7) is 0. The maximum absolute atomic E-state index is 8.33. The first-order chi connectivity index (χ1) is 1.73. The molecule has 49 valence electrons. The summed E-state index contributed by atoms with van der Waals surface area (Å²) in [6.07, 6.45) is -2.33. The van der Waals surface area contributed by atoms with Crippen LogP contribution in [0.1, 0.15) is 0 Å². The summed E-state index contributed by atoms with van der Waals surface area (Å²) in [4.78, 5) is 8.33. The van der Waals surface area contributed by atoms with Crippen molar-refractivity contribution in [3.05, 3.63) is 0 Å². The number of carboxylic acid groups (broad SMARTS) is 2. The maximum Gasteiger partial charge on any atom is 2.00 e. The maximum atomic E-state index is 8.33. The van der Waals surface area contributed by atoms with Gasteiger partial charge in [-0.15, -0.1) is 0 Å². The first-order valence-corrected chi connectivity index (χ1v) is 0.612. The third-order valence-corrected chi connectivity index (χ3v) is 0. The van der Waals surface area contributed by atoms with E-state index in [4.69, 9.17) is 15.0 Å². The van der Waals surface area contributed by atoms with E-state index in [9.17, 15) is 0 Å². The van der Waals surface area contributed by atoms with Crippen LogP contribution in [0.4, 0.5) is 4.79 Å². The van der Waals surface area contributed by atoms with Crippen molar-refractivity contribution < 1.29 is 54.0 Å². The van der Waals surface area contributed by atoms with Gasteiger partial charge in [-0.1, -0.05) is 0 Å². The van der Waals surface area contributed by atoms with Crippen molar-refractivity contribution in [3.63, 3.8) is 0 Å². The number of carbonyl (C=O) groups excluding carboxylic acids is 1. The fourth-order valence-corrected chi connectivity index (χ4v) is 0. The normalized spacial score (nSPS) is 3.43. The Labute approximate surface area is 60.6 Å². The third kappa shape index (κ3) is 1900. The van der Waals surface area contributed by atoms with Gasteiger partial charge in [0, 0.05) is 0 Å². The SMILES string of the molecule is O=C([O-])[O-].[Cu+2].[Ni+2].[OH-]. The van der Waals surface area contributed by atoms with Crippen molar-refractivity contribution in [2.24, 2.45) is 0 Å². The summed E-state index contributed by atoms with van der Waals surface area (Å²) in [5.74, 6) is 0. The zero-order valence-corrected chi connectivity index (χ0v) is 4.72. The van der Waals surface area contributed by atoms with Crippen LogP contribution in [0.15, 0.2) is 0 Å². The second-order valence-electron chi connectivity index (χ2n) is 0.250. The predicted octanol–water partition coefficient (Wildman–Crippen LogP) is -2.63. The molecule has 0 heterocycles. The number of rotatable bonds is 0. The van der Waals surface area contributed by atoms with E-state index in [0.29, 0.717) is 0 Å². The van der Waals surface area contributed by atoms with E-state index in [1.807, 2.05) is 0 Å². The molecule has 6 heteroatoms. The van der Waals surface area contributed by atoms with Crippen LogP contribution in [0.25, 0.3) is 0 Å². The van der Waals surface area contributed by atoms with Gasteiger partial charge in [-0.25, -0.2) is 0 Å². The average molecular weight is 199 g/mol.